The molecule has 0 radical (unpaired) electrons. The van der Waals surface area contributed by atoms with Crippen molar-refractivity contribution in [2.45, 2.75) is 64.0 Å². The van der Waals surface area contributed by atoms with Gasteiger partial charge in [-0.3, -0.25) is 0 Å². The van der Waals surface area contributed by atoms with Crippen LogP contribution in [0.5, 0.6) is 0 Å². The van der Waals surface area contributed by atoms with Gasteiger partial charge in [0, 0.05) is 6.04 Å². The van der Waals surface area contributed by atoms with Gasteiger partial charge in [0.1, 0.15) is 0 Å². The Morgan fingerprint density at radius 2 is 1.56 bits per heavy atom. The summed E-state index contributed by atoms with van der Waals surface area (Å²) in [5, 5.41) is 13.7. The summed E-state index contributed by atoms with van der Waals surface area (Å²) in [5.41, 5.74) is -0.539. The lowest BCUT2D eigenvalue weighted by Gasteiger charge is -2.57. The van der Waals surface area contributed by atoms with Crippen LogP contribution in [0.25, 0.3) is 0 Å². The smallest absolute Gasteiger partial charge is 0.0606 e. The summed E-state index contributed by atoms with van der Waals surface area (Å²) in [7, 11) is 2.08. The zero-order valence-electron chi connectivity index (χ0n) is 12.2. The highest BCUT2D eigenvalue weighted by molar-refractivity contribution is 5.02. The molecule has 0 aliphatic heterocycles. The van der Waals surface area contributed by atoms with Gasteiger partial charge in [-0.2, -0.15) is 0 Å². The summed E-state index contributed by atoms with van der Waals surface area (Å²) in [4.78, 5) is 0. The Bertz CT molecular complexity index is 279. The Hall–Kier alpha value is -0.0800. The second kappa shape index (κ2) is 4.49. The molecule has 18 heavy (non-hydrogen) atoms. The van der Waals surface area contributed by atoms with Crippen LogP contribution in [0.3, 0.4) is 0 Å². The first-order chi connectivity index (χ1) is 8.46. The fourth-order valence-corrected chi connectivity index (χ4v) is 5.59. The Labute approximate surface area is 112 Å². The van der Waals surface area contributed by atoms with E-state index in [-0.39, 0.29) is 0 Å². The number of hydrogen-bond donors (Lipinski definition) is 2. The molecule has 2 heteroatoms. The second-order valence-electron chi connectivity index (χ2n) is 7.92. The molecule has 104 valence electrons. The van der Waals surface area contributed by atoms with Crippen LogP contribution in [0.2, 0.25) is 0 Å². The minimum absolute atomic E-state index is 0.514. The van der Waals surface area contributed by atoms with Gasteiger partial charge < -0.3 is 10.4 Å². The molecule has 4 saturated carbocycles. The van der Waals surface area contributed by atoms with Crippen LogP contribution in [-0.4, -0.2) is 23.8 Å². The van der Waals surface area contributed by atoms with E-state index in [1.807, 2.05) is 13.8 Å². The molecule has 0 aromatic carbocycles. The van der Waals surface area contributed by atoms with E-state index in [0.717, 1.165) is 36.0 Å². The zero-order valence-corrected chi connectivity index (χ0v) is 12.2. The molecule has 2 nitrogen and oxygen atoms in total. The lowest BCUT2D eigenvalue weighted by molar-refractivity contribution is -0.0632. The molecule has 0 amide bonds. The maximum Gasteiger partial charge on any atom is 0.0606 e. The molecule has 0 aromatic rings. The average molecular weight is 251 g/mol. The van der Waals surface area contributed by atoms with Gasteiger partial charge in [0.2, 0.25) is 0 Å². The molecule has 1 unspecified atom stereocenters. The van der Waals surface area contributed by atoms with E-state index in [4.69, 9.17) is 0 Å². The van der Waals surface area contributed by atoms with Crippen molar-refractivity contribution in [1.82, 2.24) is 5.32 Å². The molecule has 4 aliphatic rings. The number of rotatable bonds is 4. The van der Waals surface area contributed by atoms with Gasteiger partial charge in [-0.05, 0) is 89.0 Å². The predicted molar refractivity (Wildman–Crippen MR) is 74.3 cm³/mol. The SMILES string of the molecule is CNC(CC(C)(C)O)C1C2CC3CC(C2)CC1C3. The summed E-state index contributed by atoms with van der Waals surface area (Å²) < 4.78 is 0. The second-order valence-corrected chi connectivity index (χ2v) is 7.92. The van der Waals surface area contributed by atoms with Crippen molar-refractivity contribution in [3.8, 4) is 0 Å². The largest absolute Gasteiger partial charge is 0.390 e. The molecular formula is C16H29NO. The molecule has 4 bridgehead atoms. The summed E-state index contributed by atoms with van der Waals surface area (Å²) in [6.45, 7) is 3.90. The molecule has 4 fully saturated rings. The lowest BCUT2D eigenvalue weighted by Crippen LogP contribution is -2.53. The van der Waals surface area contributed by atoms with Crippen molar-refractivity contribution < 1.29 is 5.11 Å². The molecule has 4 rings (SSSR count). The predicted octanol–water partition coefficient (Wildman–Crippen LogP) is 2.81. The molecule has 0 heterocycles. The van der Waals surface area contributed by atoms with Crippen LogP contribution in [0.15, 0.2) is 0 Å². The normalized spacial score (nSPS) is 44.3. The molecule has 4 aliphatic carbocycles. The Balaban J connectivity index is 1.74. The first kappa shape index (κ1) is 12.9. The van der Waals surface area contributed by atoms with Crippen molar-refractivity contribution in [2.75, 3.05) is 7.05 Å². The van der Waals surface area contributed by atoms with Gasteiger partial charge >= 0.3 is 0 Å². The Kier molecular flexibility index (Phi) is 3.22. The fourth-order valence-electron chi connectivity index (χ4n) is 5.59. The number of nitrogens with one attached hydrogen (secondary N) is 1. The highest BCUT2D eigenvalue weighted by atomic mass is 16.3. The van der Waals surface area contributed by atoms with Crippen molar-refractivity contribution in [1.29, 1.82) is 0 Å². The van der Waals surface area contributed by atoms with E-state index >= 15 is 0 Å². The highest BCUT2D eigenvalue weighted by Crippen LogP contribution is 2.57. The third-order valence-corrected chi connectivity index (χ3v) is 5.85. The summed E-state index contributed by atoms with van der Waals surface area (Å²) >= 11 is 0. The van der Waals surface area contributed by atoms with E-state index in [1.54, 1.807) is 0 Å². The first-order valence-corrected chi connectivity index (χ1v) is 7.86. The van der Waals surface area contributed by atoms with E-state index in [0.29, 0.717) is 6.04 Å². The highest BCUT2D eigenvalue weighted by Gasteiger charge is 2.50. The summed E-state index contributed by atoms with van der Waals surface area (Å²) in [6, 6.07) is 0.514. The van der Waals surface area contributed by atoms with Gasteiger partial charge in [0.05, 0.1) is 5.60 Å². The van der Waals surface area contributed by atoms with Gasteiger partial charge in [-0.25, -0.2) is 0 Å². The number of hydrogen-bond acceptors (Lipinski definition) is 2. The quantitative estimate of drug-likeness (QED) is 0.805. The van der Waals surface area contributed by atoms with Crippen LogP contribution < -0.4 is 5.32 Å². The molecule has 2 N–H and O–H groups in total. The van der Waals surface area contributed by atoms with Crippen molar-refractivity contribution >= 4 is 0 Å². The topological polar surface area (TPSA) is 32.3 Å². The maximum atomic E-state index is 10.1. The minimum atomic E-state index is -0.539. The van der Waals surface area contributed by atoms with Crippen molar-refractivity contribution in [3.63, 3.8) is 0 Å². The summed E-state index contributed by atoms with van der Waals surface area (Å²) in [5.74, 6) is 4.81. The maximum absolute atomic E-state index is 10.1. The van der Waals surface area contributed by atoms with Crippen LogP contribution in [0, 0.1) is 29.6 Å². The Morgan fingerprint density at radius 1 is 1.06 bits per heavy atom. The molecule has 0 spiro atoms. The van der Waals surface area contributed by atoms with Crippen molar-refractivity contribution in [2.24, 2.45) is 29.6 Å². The van der Waals surface area contributed by atoms with Gasteiger partial charge in [-0.15, -0.1) is 0 Å². The molecule has 0 aromatic heterocycles. The minimum Gasteiger partial charge on any atom is -0.390 e. The summed E-state index contributed by atoms with van der Waals surface area (Å²) in [6.07, 6.45) is 8.32. The van der Waals surface area contributed by atoms with Gasteiger partial charge in [-0.1, -0.05) is 0 Å². The fraction of sp³-hybridized carbons (Fsp3) is 1.00. The van der Waals surface area contributed by atoms with Crippen molar-refractivity contribution in [3.05, 3.63) is 0 Å². The van der Waals surface area contributed by atoms with Crippen LogP contribution in [-0.2, 0) is 0 Å². The van der Waals surface area contributed by atoms with E-state index in [2.05, 4.69) is 12.4 Å². The van der Waals surface area contributed by atoms with E-state index < -0.39 is 5.60 Å². The molecular weight excluding hydrogens is 222 g/mol. The van der Waals surface area contributed by atoms with Gasteiger partial charge in [0.25, 0.3) is 0 Å². The number of aliphatic hydroxyl groups is 1. The average Bonchev–Trinajstić information content (AvgIpc) is 2.24. The third kappa shape index (κ3) is 2.34. The lowest BCUT2D eigenvalue weighted by atomic mass is 9.50. The van der Waals surface area contributed by atoms with Crippen LogP contribution in [0.4, 0.5) is 0 Å². The van der Waals surface area contributed by atoms with Gasteiger partial charge in [0.15, 0.2) is 0 Å². The standard InChI is InChI=1S/C16H29NO/c1-16(2,18)9-14(17-3)15-12-5-10-4-11(7-12)8-13(15)6-10/h10-15,17-18H,4-9H2,1-3H3. The Morgan fingerprint density at radius 3 is 1.94 bits per heavy atom. The molecule has 1 atom stereocenters. The van der Waals surface area contributed by atoms with Crippen LogP contribution in [0.1, 0.15) is 52.4 Å². The van der Waals surface area contributed by atoms with E-state index in [9.17, 15) is 5.11 Å². The van der Waals surface area contributed by atoms with Crippen LogP contribution >= 0.6 is 0 Å². The van der Waals surface area contributed by atoms with E-state index in [1.165, 1.54) is 32.1 Å². The molecule has 0 saturated heterocycles. The zero-order chi connectivity index (χ0) is 12.9. The monoisotopic (exact) mass is 251 g/mol. The first-order valence-electron chi connectivity index (χ1n) is 7.86. The third-order valence-electron chi connectivity index (χ3n) is 5.85.